The maximum atomic E-state index is 5.73. The van der Waals surface area contributed by atoms with E-state index in [1.165, 1.54) is 0 Å². The number of rotatable bonds is 7. The largest absolute Gasteiger partial charge is 0.376 e. The molecule has 8 heteroatoms. The van der Waals surface area contributed by atoms with E-state index in [0.717, 1.165) is 76.1 Å². The summed E-state index contributed by atoms with van der Waals surface area (Å²) < 4.78 is 7.71. The predicted molar refractivity (Wildman–Crippen MR) is 107 cm³/mol. The zero-order valence-corrected chi connectivity index (χ0v) is 16.7. The Kier molecular flexibility index (Phi) is 7.23. The van der Waals surface area contributed by atoms with Crippen molar-refractivity contribution in [3.63, 3.8) is 0 Å². The van der Waals surface area contributed by atoms with Gasteiger partial charge >= 0.3 is 0 Å². The summed E-state index contributed by atoms with van der Waals surface area (Å²) in [5, 5.41) is 15.4. The first-order valence-electron chi connectivity index (χ1n) is 10.00. The molecule has 2 saturated heterocycles. The fraction of sp³-hybridized carbons (Fsp3) is 0.737. The summed E-state index contributed by atoms with van der Waals surface area (Å²) in [5.74, 6) is 2.61. The van der Waals surface area contributed by atoms with Crippen molar-refractivity contribution < 1.29 is 4.74 Å². The van der Waals surface area contributed by atoms with E-state index in [1.54, 1.807) is 0 Å². The van der Waals surface area contributed by atoms with Gasteiger partial charge in [0.05, 0.1) is 6.10 Å². The van der Waals surface area contributed by atoms with Crippen LogP contribution in [0.15, 0.2) is 17.6 Å². The van der Waals surface area contributed by atoms with Gasteiger partial charge in [0.2, 0.25) is 0 Å². The molecule has 1 aromatic heterocycles. The summed E-state index contributed by atoms with van der Waals surface area (Å²) in [7, 11) is 1.97. The average Bonchev–Trinajstić information content (AvgIpc) is 3.30. The van der Waals surface area contributed by atoms with Gasteiger partial charge in [-0.25, -0.2) is 4.99 Å². The van der Waals surface area contributed by atoms with Crippen molar-refractivity contribution in [2.75, 3.05) is 32.8 Å². The van der Waals surface area contributed by atoms with Gasteiger partial charge in [-0.05, 0) is 32.6 Å². The van der Waals surface area contributed by atoms with Gasteiger partial charge in [-0.3, -0.25) is 4.90 Å². The Balaban J connectivity index is 1.57. The Bertz CT molecular complexity index is 628. The summed E-state index contributed by atoms with van der Waals surface area (Å²) in [6.07, 6.45) is 6.74. The van der Waals surface area contributed by atoms with Crippen LogP contribution in [0.1, 0.15) is 37.3 Å². The molecule has 1 unspecified atom stereocenters. The number of piperidine rings is 1. The van der Waals surface area contributed by atoms with Crippen molar-refractivity contribution in [1.29, 1.82) is 0 Å². The number of aryl methyl sites for hydroxylation is 1. The van der Waals surface area contributed by atoms with E-state index in [1.807, 2.05) is 24.6 Å². The highest BCUT2D eigenvalue weighted by Crippen LogP contribution is 2.12. The molecule has 1 atom stereocenters. The normalized spacial score (nSPS) is 22.1. The first-order chi connectivity index (χ1) is 13.2. The molecule has 2 aliphatic heterocycles. The zero-order valence-electron chi connectivity index (χ0n) is 16.7. The second-order valence-corrected chi connectivity index (χ2v) is 7.41. The number of aromatic nitrogens is 3. The lowest BCUT2D eigenvalue weighted by Crippen LogP contribution is -2.49. The smallest absolute Gasteiger partial charge is 0.192 e. The molecular formula is C19H33N7O. The van der Waals surface area contributed by atoms with Crippen molar-refractivity contribution in [3.05, 3.63) is 24.3 Å². The number of likely N-dealkylation sites (tertiary alicyclic amines) is 1. The highest BCUT2D eigenvalue weighted by molar-refractivity contribution is 5.80. The Labute approximate surface area is 162 Å². The monoisotopic (exact) mass is 375 g/mol. The minimum absolute atomic E-state index is 0.281. The van der Waals surface area contributed by atoms with Crippen LogP contribution in [0, 0.1) is 6.92 Å². The number of hydrogen-bond acceptors (Lipinski definition) is 5. The van der Waals surface area contributed by atoms with Crippen LogP contribution < -0.4 is 10.6 Å². The van der Waals surface area contributed by atoms with E-state index in [-0.39, 0.29) is 6.10 Å². The fourth-order valence-electron chi connectivity index (χ4n) is 3.54. The highest BCUT2D eigenvalue weighted by atomic mass is 16.5. The molecule has 0 bridgehead atoms. The third-order valence-electron chi connectivity index (χ3n) is 5.40. The van der Waals surface area contributed by atoms with E-state index in [2.05, 4.69) is 32.3 Å². The summed E-state index contributed by atoms with van der Waals surface area (Å²) in [4.78, 5) is 7.20. The number of nitrogens with zero attached hydrogens (tertiary/aromatic N) is 5. The van der Waals surface area contributed by atoms with E-state index in [9.17, 15) is 0 Å². The van der Waals surface area contributed by atoms with Gasteiger partial charge in [0, 0.05) is 45.9 Å². The van der Waals surface area contributed by atoms with E-state index in [4.69, 9.17) is 9.73 Å². The molecule has 0 radical (unpaired) electrons. The van der Waals surface area contributed by atoms with Crippen LogP contribution in [-0.2, 0) is 18.3 Å². The van der Waals surface area contributed by atoms with Crippen molar-refractivity contribution in [2.24, 2.45) is 12.0 Å². The zero-order chi connectivity index (χ0) is 19.1. The van der Waals surface area contributed by atoms with E-state index >= 15 is 0 Å². The molecule has 3 rings (SSSR count). The van der Waals surface area contributed by atoms with Crippen LogP contribution >= 0.6 is 0 Å². The maximum absolute atomic E-state index is 5.73. The number of guanidine groups is 1. The lowest BCUT2D eigenvalue weighted by atomic mass is 10.1. The second kappa shape index (κ2) is 9.85. The van der Waals surface area contributed by atoms with Crippen molar-refractivity contribution in [2.45, 2.75) is 51.3 Å². The Morgan fingerprint density at radius 2 is 2.15 bits per heavy atom. The van der Waals surface area contributed by atoms with Gasteiger partial charge in [0.15, 0.2) is 11.8 Å². The minimum atomic E-state index is 0.281. The molecule has 8 nitrogen and oxygen atoms in total. The van der Waals surface area contributed by atoms with Gasteiger partial charge in [-0.2, -0.15) is 0 Å². The molecule has 150 valence electrons. The van der Waals surface area contributed by atoms with Gasteiger partial charge in [0.1, 0.15) is 12.4 Å². The lowest BCUT2D eigenvalue weighted by Gasteiger charge is -2.32. The SMILES string of the molecule is C=CCN1CCC(NC(=NCc2nnc(C)n2C)NCC2CCCO2)CC1. The fourth-order valence-corrected chi connectivity index (χ4v) is 3.54. The van der Waals surface area contributed by atoms with Gasteiger partial charge in [0.25, 0.3) is 0 Å². The molecule has 0 amide bonds. The topological polar surface area (TPSA) is 79.6 Å². The number of nitrogens with one attached hydrogen (secondary N) is 2. The molecule has 3 heterocycles. The first kappa shape index (κ1) is 19.8. The third kappa shape index (κ3) is 5.77. The number of hydrogen-bond donors (Lipinski definition) is 2. The lowest BCUT2D eigenvalue weighted by molar-refractivity contribution is 0.113. The maximum Gasteiger partial charge on any atom is 0.192 e. The predicted octanol–water partition coefficient (Wildman–Crippen LogP) is 0.988. The highest BCUT2D eigenvalue weighted by Gasteiger charge is 2.21. The van der Waals surface area contributed by atoms with Crippen molar-refractivity contribution in [3.8, 4) is 0 Å². The summed E-state index contributed by atoms with van der Waals surface area (Å²) in [6.45, 7) is 11.1. The summed E-state index contributed by atoms with van der Waals surface area (Å²) in [5.41, 5.74) is 0. The van der Waals surface area contributed by atoms with Crippen LogP contribution in [0.3, 0.4) is 0 Å². The summed E-state index contributed by atoms with van der Waals surface area (Å²) in [6, 6.07) is 0.433. The van der Waals surface area contributed by atoms with Crippen LogP contribution in [0.4, 0.5) is 0 Å². The molecule has 2 N–H and O–H groups in total. The first-order valence-corrected chi connectivity index (χ1v) is 10.00. The molecule has 27 heavy (non-hydrogen) atoms. The van der Waals surface area contributed by atoms with Crippen LogP contribution in [0.2, 0.25) is 0 Å². The van der Waals surface area contributed by atoms with Crippen molar-refractivity contribution >= 4 is 5.96 Å². The van der Waals surface area contributed by atoms with Crippen molar-refractivity contribution in [1.82, 2.24) is 30.3 Å². The summed E-state index contributed by atoms with van der Waals surface area (Å²) >= 11 is 0. The Morgan fingerprint density at radius 3 is 2.78 bits per heavy atom. The van der Waals surface area contributed by atoms with Crippen LogP contribution in [0.25, 0.3) is 0 Å². The molecule has 0 aliphatic carbocycles. The Hall–Kier alpha value is -1.93. The van der Waals surface area contributed by atoms with Gasteiger partial charge in [-0.1, -0.05) is 6.08 Å². The third-order valence-corrected chi connectivity index (χ3v) is 5.40. The van der Waals surface area contributed by atoms with E-state index in [0.29, 0.717) is 12.6 Å². The average molecular weight is 376 g/mol. The minimum Gasteiger partial charge on any atom is -0.376 e. The quantitative estimate of drug-likeness (QED) is 0.420. The molecule has 2 fully saturated rings. The Morgan fingerprint density at radius 1 is 1.33 bits per heavy atom. The van der Waals surface area contributed by atoms with Crippen LogP contribution in [0.5, 0.6) is 0 Å². The van der Waals surface area contributed by atoms with Crippen LogP contribution in [-0.4, -0.2) is 70.6 Å². The molecule has 0 saturated carbocycles. The van der Waals surface area contributed by atoms with E-state index < -0.39 is 0 Å². The second-order valence-electron chi connectivity index (χ2n) is 7.41. The molecule has 0 aromatic carbocycles. The molecule has 0 spiro atoms. The number of aliphatic imine (C=N–C) groups is 1. The van der Waals surface area contributed by atoms with Gasteiger partial charge in [-0.15, -0.1) is 16.8 Å². The molecule has 2 aliphatic rings. The molecular weight excluding hydrogens is 342 g/mol. The molecule has 1 aromatic rings. The van der Waals surface area contributed by atoms with Gasteiger partial charge < -0.3 is 19.9 Å². The number of ether oxygens (including phenoxy) is 1. The standard InChI is InChI=1S/C19H33N7O/c1-4-9-26-10-7-16(8-11-26)22-19(20-13-17-6-5-12-27-17)21-14-18-24-23-15(2)25(18)3/h4,16-17H,1,5-14H2,2-3H3,(H2,20,21,22).